The summed E-state index contributed by atoms with van der Waals surface area (Å²) >= 11 is 0. The van der Waals surface area contributed by atoms with E-state index in [0.29, 0.717) is 11.3 Å². The van der Waals surface area contributed by atoms with Crippen LogP contribution in [0.4, 0.5) is 5.69 Å². The number of anilines is 1. The third-order valence-corrected chi connectivity index (χ3v) is 3.64. The van der Waals surface area contributed by atoms with E-state index in [1.54, 1.807) is 39.8 Å². The fourth-order valence-corrected chi connectivity index (χ4v) is 2.37. The number of amides is 1. The van der Waals surface area contributed by atoms with Gasteiger partial charge in [-0.2, -0.15) is 5.10 Å². The lowest BCUT2D eigenvalue weighted by molar-refractivity contribution is 0.102. The van der Waals surface area contributed by atoms with Gasteiger partial charge in [-0.05, 0) is 65.0 Å². The van der Waals surface area contributed by atoms with Crippen LogP contribution < -0.4 is 5.32 Å². The van der Waals surface area contributed by atoms with Crippen LogP contribution in [0, 0.1) is 0 Å². The first-order chi connectivity index (χ1) is 12.3. The van der Waals surface area contributed by atoms with Crippen LogP contribution in [0.15, 0.2) is 73.3 Å². The van der Waals surface area contributed by atoms with Gasteiger partial charge in [0.2, 0.25) is 0 Å². The van der Waals surface area contributed by atoms with Gasteiger partial charge in [-0.15, -0.1) is 5.10 Å². The Labute approximate surface area is 142 Å². The highest BCUT2D eigenvalue weighted by Crippen LogP contribution is 2.14. The van der Waals surface area contributed by atoms with Crippen molar-refractivity contribution in [3.05, 3.63) is 78.9 Å². The van der Waals surface area contributed by atoms with Crippen LogP contribution in [-0.2, 0) is 0 Å². The number of carbonyl (C=O) groups is 1. The molecule has 2 heterocycles. The molecule has 8 heteroatoms. The van der Waals surface area contributed by atoms with Crippen LogP contribution in [0.3, 0.4) is 0 Å². The van der Waals surface area contributed by atoms with E-state index in [1.165, 1.54) is 6.33 Å². The second-order valence-electron chi connectivity index (χ2n) is 5.25. The van der Waals surface area contributed by atoms with Gasteiger partial charge >= 0.3 is 0 Å². The van der Waals surface area contributed by atoms with E-state index >= 15 is 0 Å². The molecule has 0 spiro atoms. The summed E-state index contributed by atoms with van der Waals surface area (Å²) in [4.78, 5) is 12.4. The molecule has 0 unspecified atom stereocenters. The van der Waals surface area contributed by atoms with E-state index in [4.69, 9.17) is 0 Å². The summed E-state index contributed by atoms with van der Waals surface area (Å²) in [6.45, 7) is 0. The molecule has 25 heavy (non-hydrogen) atoms. The molecular formula is C17H13N7O. The molecule has 2 aromatic carbocycles. The standard InChI is InChI=1S/C17H13N7O/c25-17(13-2-6-15(7-3-13)23-11-1-10-19-23)20-14-4-8-16(9-5-14)24-12-18-21-22-24/h1-12H,(H,20,25). The summed E-state index contributed by atoms with van der Waals surface area (Å²) in [5.41, 5.74) is 2.97. The van der Waals surface area contributed by atoms with Gasteiger partial charge in [0.1, 0.15) is 6.33 Å². The number of hydrogen-bond donors (Lipinski definition) is 1. The second kappa shape index (κ2) is 6.36. The van der Waals surface area contributed by atoms with E-state index in [2.05, 4.69) is 25.9 Å². The highest BCUT2D eigenvalue weighted by atomic mass is 16.1. The summed E-state index contributed by atoms with van der Waals surface area (Å²) in [6.07, 6.45) is 5.07. The lowest BCUT2D eigenvalue weighted by atomic mass is 10.2. The van der Waals surface area contributed by atoms with Crippen LogP contribution in [0.2, 0.25) is 0 Å². The number of aromatic nitrogens is 6. The van der Waals surface area contributed by atoms with Gasteiger partial charge in [0.05, 0.1) is 11.4 Å². The highest BCUT2D eigenvalue weighted by Gasteiger charge is 2.07. The SMILES string of the molecule is O=C(Nc1ccc(-n2cnnn2)cc1)c1ccc(-n2cccn2)cc1. The van der Waals surface area contributed by atoms with Gasteiger partial charge in [-0.1, -0.05) is 0 Å². The van der Waals surface area contributed by atoms with Crippen molar-refractivity contribution in [1.82, 2.24) is 30.0 Å². The summed E-state index contributed by atoms with van der Waals surface area (Å²) in [7, 11) is 0. The van der Waals surface area contributed by atoms with E-state index in [0.717, 1.165) is 11.4 Å². The van der Waals surface area contributed by atoms with Gasteiger partial charge in [-0.3, -0.25) is 4.79 Å². The first-order valence-electron chi connectivity index (χ1n) is 7.54. The number of nitrogens with zero attached hydrogens (tertiary/aromatic N) is 6. The zero-order valence-corrected chi connectivity index (χ0v) is 13.0. The average Bonchev–Trinajstić information content (AvgIpc) is 3.36. The summed E-state index contributed by atoms with van der Waals surface area (Å²) in [6, 6.07) is 16.3. The molecule has 0 fully saturated rings. The van der Waals surface area contributed by atoms with Crippen LogP contribution in [0.25, 0.3) is 11.4 Å². The van der Waals surface area contributed by atoms with Crippen molar-refractivity contribution < 1.29 is 4.79 Å². The maximum atomic E-state index is 12.4. The zero-order valence-electron chi connectivity index (χ0n) is 13.0. The molecule has 8 nitrogen and oxygen atoms in total. The number of carbonyl (C=O) groups excluding carboxylic acids is 1. The largest absolute Gasteiger partial charge is 0.322 e. The predicted octanol–water partition coefficient (Wildman–Crippen LogP) is 2.10. The quantitative estimate of drug-likeness (QED) is 0.618. The first-order valence-corrected chi connectivity index (χ1v) is 7.54. The third-order valence-electron chi connectivity index (χ3n) is 3.64. The van der Waals surface area contributed by atoms with E-state index < -0.39 is 0 Å². The molecule has 0 saturated carbocycles. The van der Waals surface area contributed by atoms with Gasteiger partial charge in [0.15, 0.2) is 0 Å². The van der Waals surface area contributed by atoms with Crippen molar-refractivity contribution >= 4 is 11.6 Å². The molecule has 4 rings (SSSR count). The maximum absolute atomic E-state index is 12.4. The Hall–Kier alpha value is -3.81. The van der Waals surface area contributed by atoms with Crippen LogP contribution in [-0.4, -0.2) is 35.9 Å². The predicted molar refractivity (Wildman–Crippen MR) is 90.7 cm³/mol. The number of hydrogen-bond acceptors (Lipinski definition) is 5. The average molecular weight is 331 g/mol. The molecule has 4 aromatic rings. The highest BCUT2D eigenvalue weighted by molar-refractivity contribution is 6.04. The third kappa shape index (κ3) is 3.13. The normalized spacial score (nSPS) is 10.6. The fourth-order valence-electron chi connectivity index (χ4n) is 2.37. The van der Waals surface area contributed by atoms with Gasteiger partial charge < -0.3 is 5.32 Å². The molecule has 0 atom stereocenters. The van der Waals surface area contributed by atoms with Gasteiger partial charge in [0.25, 0.3) is 5.91 Å². The molecule has 122 valence electrons. The molecule has 0 aliphatic heterocycles. The number of benzene rings is 2. The van der Waals surface area contributed by atoms with Crippen LogP contribution in [0.5, 0.6) is 0 Å². The zero-order chi connectivity index (χ0) is 17.1. The van der Waals surface area contributed by atoms with Crippen molar-refractivity contribution in [3.8, 4) is 11.4 Å². The van der Waals surface area contributed by atoms with E-state index in [-0.39, 0.29) is 5.91 Å². The Bertz CT molecular complexity index is 959. The van der Waals surface area contributed by atoms with Crippen molar-refractivity contribution in [2.24, 2.45) is 0 Å². The van der Waals surface area contributed by atoms with E-state index in [9.17, 15) is 4.79 Å². The fraction of sp³-hybridized carbons (Fsp3) is 0. The Morgan fingerprint density at radius 2 is 1.64 bits per heavy atom. The number of rotatable bonds is 4. The summed E-state index contributed by atoms with van der Waals surface area (Å²) < 4.78 is 3.28. The van der Waals surface area contributed by atoms with Crippen molar-refractivity contribution in [3.63, 3.8) is 0 Å². The Morgan fingerprint density at radius 1 is 0.920 bits per heavy atom. The Balaban J connectivity index is 1.46. The minimum absolute atomic E-state index is 0.179. The lowest BCUT2D eigenvalue weighted by Crippen LogP contribution is -2.12. The van der Waals surface area contributed by atoms with Crippen LogP contribution in [0.1, 0.15) is 10.4 Å². The van der Waals surface area contributed by atoms with Crippen molar-refractivity contribution in [2.45, 2.75) is 0 Å². The molecule has 1 amide bonds. The van der Waals surface area contributed by atoms with Crippen molar-refractivity contribution in [1.29, 1.82) is 0 Å². The molecule has 0 aliphatic rings. The Kier molecular flexibility index (Phi) is 3.76. The smallest absolute Gasteiger partial charge is 0.255 e. The molecule has 1 N–H and O–H groups in total. The number of nitrogens with one attached hydrogen (secondary N) is 1. The minimum atomic E-state index is -0.179. The van der Waals surface area contributed by atoms with Gasteiger partial charge in [-0.25, -0.2) is 9.36 Å². The second-order valence-corrected chi connectivity index (χ2v) is 5.25. The molecule has 0 saturated heterocycles. The summed E-state index contributed by atoms with van der Waals surface area (Å²) in [5, 5.41) is 18.0. The Morgan fingerprint density at radius 3 is 2.28 bits per heavy atom. The van der Waals surface area contributed by atoms with E-state index in [1.807, 2.05) is 36.5 Å². The van der Waals surface area contributed by atoms with Crippen LogP contribution >= 0.6 is 0 Å². The molecule has 0 radical (unpaired) electrons. The maximum Gasteiger partial charge on any atom is 0.255 e. The molecule has 2 aromatic heterocycles. The topological polar surface area (TPSA) is 90.5 Å². The monoisotopic (exact) mass is 331 g/mol. The molecule has 0 aliphatic carbocycles. The van der Waals surface area contributed by atoms with Gasteiger partial charge in [0, 0.05) is 23.6 Å². The number of tetrazole rings is 1. The van der Waals surface area contributed by atoms with Crippen molar-refractivity contribution in [2.75, 3.05) is 5.32 Å². The minimum Gasteiger partial charge on any atom is -0.322 e. The molecular weight excluding hydrogens is 318 g/mol. The molecule has 0 bridgehead atoms. The lowest BCUT2D eigenvalue weighted by Gasteiger charge is -2.07. The first kappa shape index (κ1) is 14.8. The summed E-state index contributed by atoms with van der Waals surface area (Å²) in [5.74, 6) is -0.179.